The summed E-state index contributed by atoms with van der Waals surface area (Å²) in [5.74, 6) is 0.208. The van der Waals surface area contributed by atoms with E-state index in [9.17, 15) is 0 Å². The Morgan fingerprint density at radius 3 is 1.53 bits per heavy atom. The van der Waals surface area contributed by atoms with Gasteiger partial charge in [-0.05, 0) is 82.8 Å². The number of benzene rings is 4. The number of rotatable bonds is 3. The van der Waals surface area contributed by atoms with Crippen LogP contribution in [0.3, 0.4) is 0 Å². The van der Waals surface area contributed by atoms with Crippen LogP contribution < -0.4 is 0 Å². The van der Waals surface area contributed by atoms with Crippen molar-refractivity contribution in [1.29, 1.82) is 0 Å². The zero-order valence-electron chi connectivity index (χ0n) is 33.0. The summed E-state index contributed by atoms with van der Waals surface area (Å²) >= 11 is 3.57. The van der Waals surface area contributed by atoms with Gasteiger partial charge in [0, 0.05) is 51.2 Å². The number of pyridine rings is 2. The molecule has 1 unspecified atom stereocenters. The monoisotopic (exact) mass is 942 g/mol. The SMILES string of the molecule is CC(C)(C)c1c[c-]c(-c2nc3ccccc3c3sccc23)cc1.CC(C)(C)c1ccc(-c2nc3ccccc3c3sccc23)cc1.CC(O)=C(C)C(C)O.[Ir]. The summed E-state index contributed by atoms with van der Waals surface area (Å²) in [5.41, 5.74) is 10.1. The van der Waals surface area contributed by atoms with Crippen LogP contribution in [0.25, 0.3) is 64.5 Å². The minimum absolute atomic E-state index is 0. The Morgan fingerprint density at radius 2 is 1.09 bits per heavy atom. The molecule has 0 aliphatic rings. The van der Waals surface area contributed by atoms with Gasteiger partial charge in [-0.3, -0.25) is 4.98 Å². The average Bonchev–Trinajstić information content (AvgIpc) is 3.85. The van der Waals surface area contributed by atoms with Crippen molar-refractivity contribution in [2.24, 2.45) is 0 Å². The maximum atomic E-state index is 8.77. The van der Waals surface area contributed by atoms with Gasteiger partial charge >= 0.3 is 0 Å². The second kappa shape index (κ2) is 17.3. The van der Waals surface area contributed by atoms with Gasteiger partial charge in [-0.1, -0.05) is 108 Å². The van der Waals surface area contributed by atoms with Gasteiger partial charge in [0.05, 0.1) is 28.6 Å². The summed E-state index contributed by atoms with van der Waals surface area (Å²) in [4.78, 5) is 9.86. The summed E-state index contributed by atoms with van der Waals surface area (Å²) < 4.78 is 2.63. The van der Waals surface area contributed by atoms with E-state index >= 15 is 0 Å². The molecule has 0 aliphatic carbocycles. The Hall–Kier alpha value is -4.23. The molecule has 0 fully saturated rings. The van der Waals surface area contributed by atoms with Crippen molar-refractivity contribution in [2.45, 2.75) is 79.2 Å². The number of fused-ring (bicyclic) bond motifs is 6. The molecule has 0 amide bonds. The molecule has 7 heteroatoms. The van der Waals surface area contributed by atoms with Crippen molar-refractivity contribution in [3.8, 4) is 22.5 Å². The van der Waals surface area contributed by atoms with Gasteiger partial charge in [-0.25, -0.2) is 4.98 Å². The smallest absolute Gasteiger partial charge is 0.0906 e. The first kappa shape index (κ1) is 41.9. The van der Waals surface area contributed by atoms with E-state index in [4.69, 9.17) is 20.2 Å². The quantitative estimate of drug-likeness (QED) is 0.137. The molecule has 0 bridgehead atoms. The predicted octanol–water partition coefficient (Wildman–Crippen LogP) is 13.8. The third-order valence-electron chi connectivity index (χ3n) is 9.76. The Labute approximate surface area is 347 Å². The van der Waals surface area contributed by atoms with Gasteiger partial charge in [0.2, 0.25) is 0 Å². The fraction of sp³-hybridized carbons (Fsp3) is 0.250. The van der Waals surface area contributed by atoms with Crippen LogP contribution in [-0.4, -0.2) is 26.3 Å². The normalized spacial score (nSPS) is 12.7. The van der Waals surface area contributed by atoms with Gasteiger partial charge in [0.15, 0.2) is 0 Å². The molecular formula is C48H49IrN2O2S2-. The maximum absolute atomic E-state index is 8.77. The molecule has 4 aromatic heterocycles. The predicted molar refractivity (Wildman–Crippen MR) is 234 cm³/mol. The van der Waals surface area contributed by atoms with E-state index in [-0.39, 0.29) is 36.7 Å². The first-order chi connectivity index (χ1) is 25.6. The van der Waals surface area contributed by atoms with E-state index in [0.717, 1.165) is 28.0 Å². The topological polar surface area (TPSA) is 66.2 Å². The summed E-state index contributed by atoms with van der Waals surface area (Å²) in [6.07, 6.45) is -0.528. The number of hydrogen-bond donors (Lipinski definition) is 2. The van der Waals surface area contributed by atoms with Crippen LogP contribution in [-0.2, 0) is 30.9 Å². The summed E-state index contributed by atoms with van der Waals surface area (Å²) in [6.45, 7) is 18.3. The zero-order chi connectivity index (χ0) is 38.8. The van der Waals surface area contributed by atoms with Crippen LogP contribution in [0, 0.1) is 6.07 Å². The molecule has 55 heavy (non-hydrogen) atoms. The molecule has 8 rings (SSSR count). The third-order valence-corrected chi connectivity index (χ3v) is 11.7. The Kier molecular flexibility index (Phi) is 13.2. The van der Waals surface area contributed by atoms with E-state index in [2.05, 4.69) is 155 Å². The van der Waals surface area contributed by atoms with E-state index in [1.54, 1.807) is 43.4 Å². The van der Waals surface area contributed by atoms with Crippen molar-refractivity contribution in [1.82, 2.24) is 9.97 Å². The van der Waals surface area contributed by atoms with E-state index in [0.29, 0.717) is 5.57 Å². The number of aliphatic hydroxyl groups is 2. The first-order valence-electron chi connectivity index (χ1n) is 18.3. The Bertz CT molecular complexity index is 2400. The van der Waals surface area contributed by atoms with E-state index in [1.165, 1.54) is 47.6 Å². The number of allylic oxidation sites excluding steroid dienone is 1. The van der Waals surface area contributed by atoms with Crippen LogP contribution in [0.15, 0.2) is 125 Å². The van der Waals surface area contributed by atoms with Crippen LogP contribution >= 0.6 is 22.7 Å². The van der Waals surface area contributed by atoms with Gasteiger partial charge in [0.25, 0.3) is 0 Å². The Balaban J connectivity index is 0.000000174. The molecule has 0 saturated carbocycles. The molecule has 8 aromatic rings. The minimum Gasteiger partial charge on any atom is -0.513 e. The molecule has 4 aromatic carbocycles. The second-order valence-corrected chi connectivity index (χ2v) is 17.6. The maximum Gasteiger partial charge on any atom is 0.0906 e. The number of thiophene rings is 2. The van der Waals surface area contributed by atoms with Crippen molar-refractivity contribution >= 4 is 64.7 Å². The molecule has 1 radical (unpaired) electrons. The number of para-hydroxylation sites is 2. The molecule has 2 N–H and O–H groups in total. The molecule has 0 aliphatic heterocycles. The fourth-order valence-corrected chi connectivity index (χ4v) is 8.05. The molecule has 0 spiro atoms. The van der Waals surface area contributed by atoms with Gasteiger partial charge in [-0.2, -0.15) is 0 Å². The average molecular weight is 942 g/mol. The van der Waals surface area contributed by atoms with Crippen molar-refractivity contribution in [3.05, 3.63) is 142 Å². The number of aromatic nitrogens is 2. The molecule has 1 atom stereocenters. The zero-order valence-corrected chi connectivity index (χ0v) is 37.0. The summed E-state index contributed by atoms with van der Waals surface area (Å²) in [5, 5.41) is 26.7. The second-order valence-electron chi connectivity index (χ2n) is 15.8. The van der Waals surface area contributed by atoms with Crippen LogP contribution in [0.1, 0.15) is 73.4 Å². The Morgan fingerprint density at radius 1 is 0.618 bits per heavy atom. The van der Waals surface area contributed by atoms with Gasteiger partial charge < -0.3 is 10.2 Å². The van der Waals surface area contributed by atoms with Crippen LogP contribution in [0.5, 0.6) is 0 Å². The van der Waals surface area contributed by atoms with Crippen LogP contribution in [0.4, 0.5) is 0 Å². The first-order valence-corrected chi connectivity index (χ1v) is 20.1. The summed E-state index contributed by atoms with van der Waals surface area (Å²) in [7, 11) is 0. The largest absolute Gasteiger partial charge is 0.513 e. The molecule has 0 saturated heterocycles. The van der Waals surface area contributed by atoms with Gasteiger partial charge in [0.1, 0.15) is 0 Å². The standard InChI is InChI=1S/C21H19NS.C21H18NS.C6H12O2.Ir/c2*1-21(2,3)15-10-8-14(9-11-15)19-17-12-13-23-20(17)16-6-4-5-7-18(16)22-19;1-4(5(2)7)6(3)8;/h4-13H,1-3H3;4-8,10-13H,1-3H3;5,7-8H,1-3H3;/q;-1;;. The number of aliphatic hydroxyl groups excluding tert-OH is 2. The molecule has 4 nitrogen and oxygen atoms in total. The van der Waals surface area contributed by atoms with Gasteiger partial charge in [-0.15, -0.1) is 58.1 Å². The van der Waals surface area contributed by atoms with Crippen molar-refractivity contribution in [3.63, 3.8) is 0 Å². The van der Waals surface area contributed by atoms with E-state index < -0.39 is 6.10 Å². The van der Waals surface area contributed by atoms with Crippen LogP contribution in [0.2, 0.25) is 0 Å². The van der Waals surface area contributed by atoms with E-state index in [1.807, 2.05) is 6.07 Å². The molecular weight excluding hydrogens is 893 g/mol. The van der Waals surface area contributed by atoms with Crippen molar-refractivity contribution in [2.75, 3.05) is 0 Å². The number of hydrogen-bond acceptors (Lipinski definition) is 6. The third kappa shape index (κ3) is 9.43. The summed E-state index contributed by atoms with van der Waals surface area (Å²) in [6, 6.07) is 39.9. The number of nitrogens with zero attached hydrogens (tertiary/aromatic N) is 2. The minimum atomic E-state index is -0.528. The fourth-order valence-electron chi connectivity index (χ4n) is 6.19. The molecule has 4 heterocycles. The van der Waals surface area contributed by atoms with Crippen molar-refractivity contribution < 1.29 is 30.3 Å². The molecule has 285 valence electrons.